The summed E-state index contributed by atoms with van der Waals surface area (Å²) < 4.78 is 39.3. The standard InChI is InChI=1S/C20H21F3N6O/c1-11-7-12(2)9-14(8-11)26-19-24-6-5-15(27-19)16-10-17(29(4)28-16)18(30)25-13(3)20(21,22)23/h5-10,13H,1-4H3,(H,25,30)(H,24,26,27). The zero-order chi connectivity index (χ0) is 22.1. The Morgan fingerprint density at radius 1 is 1.10 bits per heavy atom. The third-order valence-corrected chi connectivity index (χ3v) is 4.35. The normalized spacial score (nSPS) is 12.5. The SMILES string of the molecule is Cc1cc(C)cc(Nc2nccc(-c3cc(C(=O)NC(C)C(F)(F)F)n(C)n3)n2)c1. The van der Waals surface area contributed by atoms with Crippen LogP contribution in [0.3, 0.4) is 0 Å². The summed E-state index contributed by atoms with van der Waals surface area (Å²) in [6.07, 6.45) is -2.99. The number of benzene rings is 1. The van der Waals surface area contributed by atoms with Crippen LogP contribution in [0.15, 0.2) is 36.5 Å². The van der Waals surface area contributed by atoms with Gasteiger partial charge in [-0.2, -0.15) is 18.3 Å². The van der Waals surface area contributed by atoms with E-state index in [-0.39, 0.29) is 5.69 Å². The number of hydrogen-bond acceptors (Lipinski definition) is 5. The van der Waals surface area contributed by atoms with E-state index in [9.17, 15) is 18.0 Å². The molecule has 0 aliphatic rings. The minimum absolute atomic E-state index is 0.0106. The van der Waals surface area contributed by atoms with Crippen LogP contribution in [-0.4, -0.2) is 37.9 Å². The van der Waals surface area contributed by atoms with E-state index in [4.69, 9.17) is 0 Å². The lowest BCUT2D eigenvalue weighted by Gasteiger charge is -2.16. The fourth-order valence-electron chi connectivity index (χ4n) is 2.89. The first kappa shape index (κ1) is 21.3. The lowest BCUT2D eigenvalue weighted by Crippen LogP contribution is -2.43. The summed E-state index contributed by atoms with van der Waals surface area (Å²) in [5.74, 6) is -0.538. The molecule has 1 unspecified atom stereocenters. The third-order valence-electron chi connectivity index (χ3n) is 4.35. The second kappa shape index (κ2) is 8.13. The highest BCUT2D eigenvalue weighted by atomic mass is 19.4. The number of rotatable bonds is 5. The summed E-state index contributed by atoms with van der Waals surface area (Å²) >= 11 is 0. The van der Waals surface area contributed by atoms with Crippen molar-refractivity contribution in [2.45, 2.75) is 33.0 Å². The molecule has 1 amide bonds. The zero-order valence-corrected chi connectivity index (χ0v) is 16.9. The molecule has 1 aromatic carbocycles. The molecule has 10 heteroatoms. The van der Waals surface area contributed by atoms with E-state index < -0.39 is 18.1 Å². The van der Waals surface area contributed by atoms with Gasteiger partial charge in [-0.1, -0.05) is 6.07 Å². The van der Waals surface area contributed by atoms with Crippen LogP contribution in [0, 0.1) is 13.8 Å². The van der Waals surface area contributed by atoms with Gasteiger partial charge in [0.15, 0.2) is 0 Å². The van der Waals surface area contributed by atoms with Gasteiger partial charge >= 0.3 is 6.18 Å². The van der Waals surface area contributed by atoms with Crippen LogP contribution < -0.4 is 10.6 Å². The van der Waals surface area contributed by atoms with Crippen molar-refractivity contribution >= 4 is 17.5 Å². The Balaban J connectivity index is 1.82. The summed E-state index contributed by atoms with van der Waals surface area (Å²) in [6.45, 7) is 4.84. The van der Waals surface area contributed by atoms with Crippen molar-refractivity contribution in [3.63, 3.8) is 0 Å². The molecule has 2 aromatic heterocycles. The van der Waals surface area contributed by atoms with Crippen LogP contribution in [0.1, 0.15) is 28.5 Å². The van der Waals surface area contributed by atoms with Gasteiger partial charge in [-0.25, -0.2) is 9.97 Å². The van der Waals surface area contributed by atoms with E-state index in [1.54, 1.807) is 6.07 Å². The molecule has 0 fully saturated rings. The number of carbonyl (C=O) groups excluding carboxylic acids is 1. The quantitative estimate of drug-likeness (QED) is 0.656. The van der Waals surface area contributed by atoms with Gasteiger partial charge in [-0.15, -0.1) is 0 Å². The number of aromatic nitrogens is 4. The summed E-state index contributed by atoms with van der Waals surface area (Å²) in [4.78, 5) is 20.8. The molecule has 2 N–H and O–H groups in total. The number of halogens is 3. The molecular weight excluding hydrogens is 397 g/mol. The molecule has 0 spiro atoms. The molecule has 0 saturated heterocycles. The highest BCUT2D eigenvalue weighted by molar-refractivity contribution is 5.93. The van der Waals surface area contributed by atoms with Crippen molar-refractivity contribution < 1.29 is 18.0 Å². The van der Waals surface area contributed by atoms with Gasteiger partial charge in [0.25, 0.3) is 5.91 Å². The number of anilines is 2. The van der Waals surface area contributed by atoms with E-state index in [0.29, 0.717) is 17.3 Å². The third kappa shape index (κ3) is 4.94. The van der Waals surface area contributed by atoms with E-state index >= 15 is 0 Å². The first-order valence-corrected chi connectivity index (χ1v) is 9.13. The van der Waals surface area contributed by atoms with Gasteiger partial charge in [0, 0.05) is 18.9 Å². The lowest BCUT2D eigenvalue weighted by atomic mass is 10.1. The number of alkyl halides is 3. The first-order valence-electron chi connectivity index (χ1n) is 9.13. The fourth-order valence-corrected chi connectivity index (χ4v) is 2.89. The number of nitrogens with one attached hydrogen (secondary N) is 2. The first-order chi connectivity index (χ1) is 14.0. The largest absolute Gasteiger partial charge is 0.408 e. The van der Waals surface area contributed by atoms with E-state index in [1.807, 2.05) is 37.4 Å². The second-order valence-corrected chi connectivity index (χ2v) is 7.04. The van der Waals surface area contributed by atoms with Crippen LogP contribution in [0.2, 0.25) is 0 Å². The average molecular weight is 418 g/mol. The van der Waals surface area contributed by atoms with Crippen LogP contribution >= 0.6 is 0 Å². The van der Waals surface area contributed by atoms with Gasteiger partial charge in [0.2, 0.25) is 5.95 Å². The molecule has 2 heterocycles. The summed E-state index contributed by atoms with van der Waals surface area (Å²) in [6, 6.07) is 6.97. The maximum absolute atomic E-state index is 12.7. The van der Waals surface area contributed by atoms with Crippen LogP contribution in [0.25, 0.3) is 11.4 Å². The number of nitrogens with zero attached hydrogens (tertiary/aromatic N) is 4. The Hall–Kier alpha value is -3.43. The van der Waals surface area contributed by atoms with Crippen molar-refractivity contribution in [1.29, 1.82) is 0 Å². The highest BCUT2D eigenvalue weighted by Gasteiger charge is 2.37. The topological polar surface area (TPSA) is 84.7 Å². The molecule has 0 radical (unpaired) electrons. The molecule has 158 valence electrons. The van der Waals surface area contributed by atoms with Gasteiger partial charge in [0.1, 0.15) is 17.4 Å². The van der Waals surface area contributed by atoms with Gasteiger partial charge in [-0.05, 0) is 56.2 Å². The maximum Gasteiger partial charge on any atom is 0.408 e. The molecule has 0 aliphatic carbocycles. The van der Waals surface area contributed by atoms with E-state index in [2.05, 4.69) is 20.4 Å². The van der Waals surface area contributed by atoms with Crippen molar-refractivity contribution in [1.82, 2.24) is 25.1 Å². The Kier molecular flexibility index (Phi) is 5.77. The molecule has 30 heavy (non-hydrogen) atoms. The zero-order valence-electron chi connectivity index (χ0n) is 16.9. The summed E-state index contributed by atoms with van der Waals surface area (Å²) in [5.41, 5.74) is 3.75. The minimum Gasteiger partial charge on any atom is -0.339 e. The highest BCUT2D eigenvalue weighted by Crippen LogP contribution is 2.22. The Morgan fingerprint density at radius 3 is 2.40 bits per heavy atom. The maximum atomic E-state index is 12.7. The minimum atomic E-state index is -4.53. The van der Waals surface area contributed by atoms with E-state index in [1.165, 1.54) is 24.0 Å². The van der Waals surface area contributed by atoms with E-state index in [0.717, 1.165) is 23.7 Å². The van der Waals surface area contributed by atoms with Crippen molar-refractivity contribution in [3.8, 4) is 11.4 Å². The molecule has 3 rings (SSSR count). The van der Waals surface area contributed by atoms with Crippen LogP contribution in [0.4, 0.5) is 24.8 Å². The number of carbonyl (C=O) groups is 1. The average Bonchev–Trinajstić information content (AvgIpc) is 3.02. The smallest absolute Gasteiger partial charge is 0.339 e. The van der Waals surface area contributed by atoms with Crippen molar-refractivity contribution in [3.05, 3.63) is 53.3 Å². The molecule has 0 bridgehead atoms. The number of hydrogen-bond donors (Lipinski definition) is 2. The molecular formula is C20H21F3N6O. The molecule has 0 saturated carbocycles. The Labute approximate surface area is 171 Å². The number of aryl methyl sites for hydroxylation is 3. The second-order valence-electron chi connectivity index (χ2n) is 7.04. The van der Waals surface area contributed by atoms with Crippen LogP contribution in [0.5, 0.6) is 0 Å². The Morgan fingerprint density at radius 2 is 1.77 bits per heavy atom. The lowest BCUT2D eigenvalue weighted by molar-refractivity contribution is -0.149. The summed E-state index contributed by atoms with van der Waals surface area (Å²) in [5, 5.41) is 9.25. The summed E-state index contributed by atoms with van der Waals surface area (Å²) in [7, 11) is 1.48. The predicted octanol–water partition coefficient (Wildman–Crippen LogP) is 3.92. The number of amides is 1. The van der Waals surface area contributed by atoms with Crippen molar-refractivity contribution in [2.75, 3.05) is 5.32 Å². The molecule has 3 aromatic rings. The van der Waals surface area contributed by atoms with Gasteiger partial charge in [-0.3, -0.25) is 9.48 Å². The molecule has 7 nitrogen and oxygen atoms in total. The van der Waals surface area contributed by atoms with Gasteiger partial charge < -0.3 is 10.6 Å². The molecule has 0 aliphatic heterocycles. The fraction of sp³-hybridized carbons (Fsp3) is 0.300. The monoisotopic (exact) mass is 418 g/mol. The van der Waals surface area contributed by atoms with Crippen molar-refractivity contribution in [2.24, 2.45) is 7.05 Å². The predicted molar refractivity (Wildman–Crippen MR) is 106 cm³/mol. The van der Waals surface area contributed by atoms with Crippen LogP contribution in [-0.2, 0) is 7.05 Å². The molecule has 1 atom stereocenters. The van der Waals surface area contributed by atoms with Gasteiger partial charge in [0.05, 0.1) is 5.69 Å². The Bertz CT molecular complexity index is 1060.